The number of ether oxygens (including phenoxy) is 1. The van der Waals surface area contributed by atoms with E-state index >= 15 is 0 Å². The first-order valence-electron chi connectivity index (χ1n) is 6.49. The van der Waals surface area contributed by atoms with Crippen LogP contribution < -0.4 is 5.73 Å². The Morgan fingerprint density at radius 1 is 1.14 bits per heavy atom. The van der Waals surface area contributed by atoms with Crippen LogP contribution in [0.15, 0.2) is 53.1 Å². The third-order valence-electron chi connectivity index (χ3n) is 2.87. The minimum Gasteiger partial charge on any atom is -0.452 e. The molecular weight excluding hydrogens is 284 g/mol. The summed E-state index contributed by atoms with van der Waals surface area (Å²) >= 11 is 0. The highest BCUT2D eigenvalue weighted by Gasteiger charge is 2.14. The molecule has 2 aromatic heterocycles. The number of carbonyl (C=O) groups is 1. The Morgan fingerprint density at radius 2 is 1.95 bits per heavy atom. The fourth-order valence-electron chi connectivity index (χ4n) is 1.80. The van der Waals surface area contributed by atoms with Gasteiger partial charge >= 0.3 is 5.97 Å². The molecule has 3 aromatic rings. The summed E-state index contributed by atoms with van der Waals surface area (Å²) in [7, 11) is 0. The van der Waals surface area contributed by atoms with Crippen LogP contribution in [0.5, 0.6) is 0 Å². The Hall–Kier alpha value is -3.22. The second-order valence-corrected chi connectivity index (χ2v) is 4.38. The lowest BCUT2D eigenvalue weighted by molar-refractivity contribution is 0.0439. The molecule has 0 saturated heterocycles. The molecular formula is C15H12N4O3. The molecule has 7 heteroatoms. The first-order chi connectivity index (χ1) is 10.7. The number of hydrogen-bond acceptors (Lipinski definition) is 7. The number of aromatic nitrogens is 3. The van der Waals surface area contributed by atoms with Crippen LogP contribution in [0.25, 0.3) is 11.5 Å². The minimum absolute atomic E-state index is 0.114. The summed E-state index contributed by atoms with van der Waals surface area (Å²) in [5.74, 6) is 0.0928. The average molecular weight is 296 g/mol. The lowest BCUT2D eigenvalue weighted by Gasteiger charge is -2.03. The van der Waals surface area contributed by atoms with Gasteiger partial charge < -0.3 is 14.9 Å². The predicted molar refractivity (Wildman–Crippen MR) is 77.5 cm³/mol. The second kappa shape index (κ2) is 6.04. The van der Waals surface area contributed by atoms with Crippen molar-refractivity contribution in [1.82, 2.24) is 15.2 Å². The van der Waals surface area contributed by atoms with E-state index in [0.29, 0.717) is 5.89 Å². The van der Waals surface area contributed by atoms with Gasteiger partial charge in [-0.25, -0.2) is 9.78 Å². The number of nitrogen functional groups attached to an aromatic ring is 1. The molecule has 0 bridgehead atoms. The maximum absolute atomic E-state index is 11.9. The van der Waals surface area contributed by atoms with E-state index in [2.05, 4.69) is 15.2 Å². The molecule has 0 saturated carbocycles. The van der Waals surface area contributed by atoms with Gasteiger partial charge in [-0.1, -0.05) is 18.2 Å². The van der Waals surface area contributed by atoms with Crippen molar-refractivity contribution in [2.75, 3.05) is 5.73 Å². The van der Waals surface area contributed by atoms with Crippen molar-refractivity contribution >= 4 is 11.8 Å². The van der Waals surface area contributed by atoms with E-state index in [1.54, 1.807) is 6.07 Å². The van der Waals surface area contributed by atoms with Crippen molar-refractivity contribution in [3.63, 3.8) is 0 Å². The van der Waals surface area contributed by atoms with E-state index in [4.69, 9.17) is 14.9 Å². The number of nitrogens with two attached hydrogens (primary N) is 1. The van der Waals surface area contributed by atoms with Crippen LogP contribution in [0.4, 0.5) is 5.82 Å². The molecule has 0 atom stereocenters. The third-order valence-corrected chi connectivity index (χ3v) is 2.87. The van der Waals surface area contributed by atoms with Crippen LogP contribution in [-0.4, -0.2) is 21.2 Å². The van der Waals surface area contributed by atoms with E-state index in [9.17, 15) is 4.79 Å². The molecule has 3 rings (SSSR count). The van der Waals surface area contributed by atoms with Gasteiger partial charge in [-0.05, 0) is 24.3 Å². The Morgan fingerprint density at radius 3 is 2.73 bits per heavy atom. The number of anilines is 1. The van der Waals surface area contributed by atoms with Gasteiger partial charge in [0.25, 0.3) is 5.89 Å². The highest BCUT2D eigenvalue weighted by Crippen LogP contribution is 2.17. The number of carbonyl (C=O) groups excluding carboxylic acids is 1. The van der Waals surface area contributed by atoms with Gasteiger partial charge in [-0.3, -0.25) is 0 Å². The molecule has 2 N–H and O–H groups in total. The standard InChI is InChI=1S/C15H12N4O3/c16-13-11(7-4-8-17-13)15(20)21-9-12-18-19-14(22-12)10-5-2-1-3-6-10/h1-8H,9H2,(H2,16,17). The van der Waals surface area contributed by atoms with Crippen molar-refractivity contribution in [1.29, 1.82) is 0 Å². The number of rotatable bonds is 4. The lowest BCUT2D eigenvalue weighted by atomic mass is 10.2. The van der Waals surface area contributed by atoms with Gasteiger partial charge in [0.1, 0.15) is 11.4 Å². The van der Waals surface area contributed by atoms with Gasteiger partial charge in [-0.15, -0.1) is 10.2 Å². The second-order valence-electron chi connectivity index (χ2n) is 4.38. The first-order valence-corrected chi connectivity index (χ1v) is 6.49. The van der Waals surface area contributed by atoms with Crippen LogP contribution in [0.2, 0.25) is 0 Å². The zero-order valence-corrected chi connectivity index (χ0v) is 11.5. The fourth-order valence-corrected chi connectivity index (χ4v) is 1.80. The largest absolute Gasteiger partial charge is 0.452 e. The van der Waals surface area contributed by atoms with Crippen LogP contribution >= 0.6 is 0 Å². The molecule has 0 unspecified atom stereocenters. The smallest absolute Gasteiger partial charge is 0.342 e. The van der Waals surface area contributed by atoms with Crippen LogP contribution in [0.3, 0.4) is 0 Å². The monoisotopic (exact) mass is 296 g/mol. The van der Waals surface area contributed by atoms with E-state index in [-0.39, 0.29) is 23.9 Å². The predicted octanol–water partition coefficient (Wildman–Crippen LogP) is 2.07. The Labute approximate surface area is 125 Å². The van der Waals surface area contributed by atoms with Crippen molar-refractivity contribution in [2.24, 2.45) is 0 Å². The van der Waals surface area contributed by atoms with Crippen LogP contribution in [0.1, 0.15) is 16.2 Å². The molecule has 0 amide bonds. The third kappa shape index (κ3) is 2.93. The Kier molecular flexibility index (Phi) is 3.78. The molecule has 0 radical (unpaired) electrons. The quantitative estimate of drug-likeness (QED) is 0.735. The van der Waals surface area contributed by atoms with E-state index in [0.717, 1.165) is 5.56 Å². The van der Waals surface area contributed by atoms with E-state index in [1.807, 2.05) is 30.3 Å². The molecule has 0 aliphatic carbocycles. The number of hydrogen-bond donors (Lipinski definition) is 1. The van der Waals surface area contributed by atoms with Gasteiger partial charge in [0.15, 0.2) is 6.61 Å². The van der Waals surface area contributed by atoms with Gasteiger partial charge in [0.05, 0.1) is 0 Å². The zero-order valence-electron chi connectivity index (χ0n) is 11.5. The normalized spacial score (nSPS) is 10.4. The maximum Gasteiger partial charge on any atom is 0.342 e. The SMILES string of the molecule is Nc1ncccc1C(=O)OCc1nnc(-c2ccccc2)o1. The summed E-state index contributed by atoms with van der Waals surface area (Å²) in [6, 6.07) is 12.5. The number of pyridine rings is 1. The molecule has 1 aromatic carbocycles. The average Bonchev–Trinajstić information content (AvgIpc) is 3.03. The van der Waals surface area contributed by atoms with Gasteiger partial charge in [-0.2, -0.15) is 0 Å². The topological polar surface area (TPSA) is 104 Å². The Bertz CT molecular complexity index is 786. The van der Waals surface area contributed by atoms with E-state index in [1.165, 1.54) is 12.3 Å². The summed E-state index contributed by atoms with van der Waals surface area (Å²) in [6.45, 7) is -0.132. The van der Waals surface area contributed by atoms with Crippen molar-refractivity contribution in [3.05, 3.63) is 60.1 Å². The molecule has 22 heavy (non-hydrogen) atoms. The van der Waals surface area contributed by atoms with Crippen molar-refractivity contribution in [3.8, 4) is 11.5 Å². The maximum atomic E-state index is 11.9. The first kappa shape index (κ1) is 13.7. The molecule has 0 aliphatic heterocycles. The van der Waals surface area contributed by atoms with Crippen molar-refractivity contribution in [2.45, 2.75) is 6.61 Å². The number of benzene rings is 1. The summed E-state index contributed by atoms with van der Waals surface area (Å²) in [4.78, 5) is 15.7. The molecule has 0 spiro atoms. The molecule has 0 aliphatic rings. The summed E-state index contributed by atoms with van der Waals surface area (Å²) in [5.41, 5.74) is 6.60. The lowest BCUT2D eigenvalue weighted by Crippen LogP contribution is -2.09. The van der Waals surface area contributed by atoms with E-state index < -0.39 is 5.97 Å². The molecule has 2 heterocycles. The number of esters is 1. The molecule has 110 valence electrons. The van der Waals surface area contributed by atoms with Crippen molar-refractivity contribution < 1.29 is 13.9 Å². The molecule has 7 nitrogen and oxygen atoms in total. The summed E-state index contributed by atoms with van der Waals surface area (Å²) < 4.78 is 10.5. The highest BCUT2D eigenvalue weighted by atomic mass is 16.5. The summed E-state index contributed by atoms with van der Waals surface area (Å²) in [6.07, 6.45) is 1.50. The summed E-state index contributed by atoms with van der Waals surface area (Å²) in [5, 5.41) is 7.75. The number of nitrogens with zero attached hydrogens (tertiary/aromatic N) is 3. The highest BCUT2D eigenvalue weighted by molar-refractivity contribution is 5.93. The van der Waals surface area contributed by atoms with Crippen LogP contribution in [0, 0.1) is 0 Å². The van der Waals surface area contributed by atoms with Gasteiger partial charge in [0, 0.05) is 11.8 Å². The minimum atomic E-state index is -0.593. The zero-order chi connectivity index (χ0) is 15.4. The van der Waals surface area contributed by atoms with Gasteiger partial charge in [0.2, 0.25) is 5.89 Å². The molecule has 0 fully saturated rings. The Balaban J connectivity index is 1.67. The van der Waals surface area contributed by atoms with Crippen LogP contribution in [-0.2, 0) is 11.3 Å². The fraction of sp³-hybridized carbons (Fsp3) is 0.0667.